The molecule has 6 nitrogen and oxygen atoms in total. The number of hydrogen-bond donors (Lipinski definition) is 2. The molecule has 0 aromatic carbocycles. The van der Waals surface area contributed by atoms with Crippen molar-refractivity contribution in [3.8, 4) is 0 Å². The molecule has 0 saturated heterocycles. The second-order valence-electron chi connectivity index (χ2n) is 4.20. The highest BCUT2D eigenvalue weighted by molar-refractivity contribution is 7.44. The van der Waals surface area contributed by atoms with Crippen LogP contribution in [0.4, 0.5) is 0 Å². The van der Waals surface area contributed by atoms with E-state index in [2.05, 4.69) is 9.51 Å². The van der Waals surface area contributed by atoms with Gasteiger partial charge in [0.1, 0.15) is 13.2 Å². The Kier molecular flexibility index (Phi) is 6.55. The molecule has 1 aromatic heterocycles. The molecule has 0 radical (unpaired) electrons. The zero-order valence-corrected chi connectivity index (χ0v) is 10.7. The third-order valence-electron chi connectivity index (χ3n) is 1.51. The van der Waals surface area contributed by atoms with Gasteiger partial charge in [-0.25, -0.2) is 0 Å². The minimum atomic E-state index is -4.51. The van der Waals surface area contributed by atoms with Gasteiger partial charge in [-0.05, 0) is 12.1 Å². The topological polar surface area (TPSA) is 85.4 Å². The zero-order valence-electron chi connectivity index (χ0n) is 9.79. The maximum Gasteiger partial charge on any atom is 0.265 e. The fourth-order valence-electron chi connectivity index (χ4n) is 0.708. The van der Waals surface area contributed by atoms with Crippen molar-refractivity contribution in [2.24, 2.45) is 0 Å². The summed E-state index contributed by atoms with van der Waals surface area (Å²) in [4.78, 5) is 21.1. The standard InChI is InChI=1S/C5H14NO4P.C4H5N/c1-6(2,3)4-5-10-11(7,8)9;1-2-4-5-3-1/h4-5H2,1-3H3,(H-,7,8,9);1-5H. The van der Waals surface area contributed by atoms with Crippen molar-refractivity contribution in [2.45, 2.75) is 0 Å². The molecule has 1 rings (SSSR count). The van der Waals surface area contributed by atoms with Crippen LogP contribution in [0.15, 0.2) is 24.5 Å². The van der Waals surface area contributed by atoms with E-state index in [1.165, 1.54) is 0 Å². The van der Waals surface area contributed by atoms with Crippen molar-refractivity contribution in [1.29, 1.82) is 0 Å². The summed E-state index contributed by atoms with van der Waals surface area (Å²) in [7, 11) is 1.19. The lowest BCUT2D eigenvalue weighted by molar-refractivity contribution is -0.870. The fraction of sp³-hybridized carbons (Fsp3) is 0.556. The van der Waals surface area contributed by atoms with Crippen LogP contribution in [0.3, 0.4) is 0 Å². The van der Waals surface area contributed by atoms with Gasteiger partial charge in [0.25, 0.3) is 7.82 Å². The highest BCUT2D eigenvalue weighted by Gasteiger charge is 2.08. The largest absolute Gasteiger partial charge is 0.756 e. The number of aromatic amines is 1. The van der Waals surface area contributed by atoms with Crippen molar-refractivity contribution < 1.29 is 23.4 Å². The van der Waals surface area contributed by atoms with Gasteiger partial charge in [0, 0.05) is 12.4 Å². The van der Waals surface area contributed by atoms with Gasteiger partial charge in [-0.2, -0.15) is 0 Å². The molecule has 0 bridgehead atoms. The Labute approximate surface area is 95.7 Å². The molecule has 1 unspecified atom stereocenters. The predicted octanol–water partition coefficient (Wildman–Crippen LogP) is 0.185. The summed E-state index contributed by atoms with van der Waals surface area (Å²) in [5.74, 6) is 0. The Morgan fingerprint density at radius 3 is 2.12 bits per heavy atom. The molecule has 1 aromatic rings. The minimum Gasteiger partial charge on any atom is -0.756 e. The summed E-state index contributed by atoms with van der Waals surface area (Å²) in [6.07, 6.45) is 3.75. The second-order valence-corrected chi connectivity index (χ2v) is 5.40. The molecule has 0 aliphatic heterocycles. The lowest BCUT2D eigenvalue weighted by Crippen LogP contribution is -2.37. The first-order chi connectivity index (χ1) is 7.21. The number of hydrogen-bond acceptors (Lipinski definition) is 3. The average Bonchev–Trinajstić information content (AvgIpc) is 2.54. The van der Waals surface area contributed by atoms with E-state index >= 15 is 0 Å². The monoisotopic (exact) mass is 250 g/mol. The van der Waals surface area contributed by atoms with Crippen molar-refractivity contribution in [3.05, 3.63) is 24.5 Å². The number of phosphoric ester groups is 1. The first-order valence-corrected chi connectivity index (χ1v) is 6.27. The van der Waals surface area contributed by atoms with E-state index in [4.69, 9.17) is 4.89 Å². The molecule has 0 spiro atoms. The molecule has 0 fully saturated rings. The van der Waals surface area contributed by atoms with Crippen LogP contribution in [0.5, 0.6) is 0 Å². The smallest absolute Gasteiger partial charge is 0.265 e. The van der Waals surface area contributed by atoms with Crippen molar-refractivity contribution >= 4 is 7.82 Å². The predicted molar refractivity (Wildman–Crippen MR) is 59.5 cm³/mol. The maximum atomic E-state index is 10.1. The summed E-state index contributed by atoms with van der Waals surface area (Å²) >= 11 is 0. The Morgan fingerprint density at radius 2 is 1.88 bits per heavy atom. The first kappa shape index (κ1) is 15.3. The number of phosphoric acid groups is 1. The molecule has 1 atom stereocenters. The van der Waals surface area contributed by atoms with Crippen LogP contribution in [0.1, 0.15) is 0 Å². The lowest BCUT2D eigenvalue weighted by atomic mass is 10.5. The average molecular weight is 250 g/mol. The quantitative estimate of drug-likeness (QED) is 0.590. The van der Waals surface area contributed by atoms with Gasteiger partial charge in [-0.1, -0.05) is 0 Å². The Bertz CT molecular complexity index is 285. The highest BCUT2D eigenvalue weighted by Crippen LogP contribution is 2.29. The molecule has 0 aliphatic carbocycles. The molecule has 0 saturated carbocycles. The number of quaternary nitrogens is 1. The summed E-state index contributed by atoms with van der Waals surface area (Å²) in [5.41, 5.74) is 0. The fourth-order valence-corrected chi connectivity index (χ4v) is 1.02. The molecule has 7 heteroatoms. The van der Waals surface area contributed by atoms with Gasteiger partial charge in [0.2, 0.25) is 0 Å². The Hall–Kier alpha value is -0.650. The molecular formula is C9H19N2O4P. The van der Waals surface area contributed by atoms with Crippen molar-refractivity contribution in [3.63, 3.8) is 0 Å². The zero-order chi connectivity index (χ0) is 12.7. The first-order valence-electron chi connectivity index (χ1n) is 4.77. The van der Waals surface area contributed by atoms with Crippen LogP contribution in [0.2, 0.25) is 0 Å². The normalized spacial score (nSPS) is 14.8. The van der Waals surface area contributed by atoms with Crippen LogP contribution in [0.25, 0.3) is 0 Å². The summed E-state index contributed by atoms with van der Waals surface area (Å²) in [5, 5.41) is 0. The number of nitrogens with zero attached hydrogens (tertiary/aromatic N) is 1. The van der Waals surface area contributed by atoms with Gasteiger partial charge in [0.05, 0.1) is 21.1 Å². The number of likely N-dealkylation sites (N-methyl/N-ethyl adjacent to an activating group) is 1. The summed E-state index contributed by atoms with van der Waals surface area (Å²) in [6, 6.07) is 3.89. The SMILES string of the molecule is C[N+](C)(C)CCOP(=O)([O-])O.c1cc[nH]c1. The van der Waals surface area contributed by atoms with Crippen LogP contribution in [-0.4, -0.2) is 48.7 Å². The molecule has 0 aliphatic rings. The van der Waals surface area contributed by atoms with E-state index < -0.39 is 7.82 Å². The molecule has 1 heterocycles. The van der Waals surface area contributed by atoms with Gasteiger partial charge in [0.15, 0.2) is 0 Å². The number of aromatic nitrogens is 1. The van der Waals surface area contributed by atoms with Crippen molar-refractivity contribution in [2.75, 3.05) is 34.3 Å². The summed E-state index contributed by atoms with van der Waals surface area (Å²) in [6.45, 7) is 0.549. The molecule has 16 heavy (non-hydrogen) atoms. The van der Waals surface area contributed by atoms with Crippen LogP contribution >= 0.6 is 7.82 Å². The van der Waals surface area contributed by atoms with E-state index in [1.54, 1.807) is 0 Å². The maximum absolute atomic E-state index is 10.1. The van der Waals surface area contributed by atoms with E-state index in [0.29, 0.717) is 11.0 Å². The van der Waals surface area contributed by atoms with E-state index in [-0.39, 0.29) is 6.61 Å². The third-order valence-corrected chi connectivity index (χ3v) is 2.02. The van der Waals surface area contributed by atoms with E-state index in [0.717, 1.165) is 0 Å². The van der Waals surface area contributed by atoms with Gasteiger partial charge in [-0.3, -0.25) is 4.57 Å². The second kappa shape index (κ2) is 6.83. The van der Waals surface area contributed by atoms with Gasteiger partial charge < -0.3 is 23.8 Å². The number of nitrogens with one attached hydrogen (secondary N) is 1. The van der Waals surface area contributed by atoms with Crippen LogP contribution in [0, 0.1) is 0 Å². The summed E-state index contributed by atoms with van der Waals surface area (Å²) < 4.78 is 14.8. The molecular weight excluding hydrogens is 231 g/mol. The molecule has 94 valence electrons. The Morgan fingerprint density at radius 1 is 1.38 bits per heavy atom. The number of H-pyrrole nitrogens is 1. The van der Waals surface area contributed by atoms with E-state index in [1.807, 2.05) is 45.7 Å². The highest BCUT2D eigenvalue weighted by atomic mass is 31.2. The van der Waals surface area contributed by atoms with Gasteiger partial charge >= 0.3 is 0 Å². The van der Waals surface area contributed by atoms with Crippen LogP contribution in [-0.2, 0) is 9.09 Å². The molecule has 2 N–H and O–H groups in total. The molecule has 0 amide bonds. The van der Waals surface area contributed by atoms with Gasteiger partial charge in [-0.15, -0.1) is 0 Å². The minimum absolute atomic E-state index is 0.0147. The van der Waals surface area contributed by atoms with Crippen LogP contribution < -0.4 is 4.89 Å². The Balaban J connectivity index is 0.000000368. The number of rotatable bonds is 4. The van der Waals surface area contributed by atoms with Crippen molar-refractivity contribution in [1.82, 2.24) is 4.98 Å². The third kappa shape index (κ3) is 13.4. The lowest BCUT2D eigenvalue weighted by Gasteiger charge is -2.25. The van der Waals surface area contributed by atoms with E-state index in [9.17, 15) is 9.46 Å².